The Morgan fingerprint density at radius 3 is 2.59 bits per heavy atom. The number of ether oxygens (including phenoxy) is 1. The van der Waals surface area contributed by atoms with Gasteiger partial charge < -0.3 is 10.1 Å². The Bertz CT molecular complexity index is 376. The lowest BCUT2D eigenvalue weighted by atomic mass is 9.79. The van der Waals surface area contributed by atoms with Crippen molar-refractivity contribution in [3.63, 3.8) is 0 Å². The molecule has 0 aliphatic rings. The van der Waals surface area contributed by atoms with Crippen molar-refractivity contribution in [1.29, 1.82) is 0 Å². The van der Waals surface area contributed by atoms with E-state index >= 15 is 0 Å². The summed E-state index contributed by atoms with van der Waals surface area (Å²) in [6.45, 7) is 6.67. The second-order valence-electron chi connectivity index (χ2n) is 5.13. The fourth-order valence-corrected chi connectivity index (χ4v) is 2.26. The summed E-state index contributed by atoms with van der Waals surface area (Å²) in [5.41, 5.74) is 1.35. The maximum absolute atomic E-state index is 6.04. The number of hydrogen-bond acceptors (Lipinski definition) is 2. The summed E-state index contributed by atoms with van der Waals surface area (Å²) < 4.78 is 5.26. The van der Waals surface area contributed by atoms with Crippen LogP contribution in [0.5, 0.6) is 5.75 Å². The zero-order valence-corrected chi connectivity index (χ0v) is 12.1. The highest BCUT2D eigenvalue weighted by Gasteiger charge is 2.23. The van der Waals surface area contributed by atoms with Crippen molar-refractivity contribution in [1.82, 2.24) is 5.32 Å². The van der Waals surface area contributed by atoms with Crippen LogP contribution in [0.15, 0.2) is 18.2 Å². The molecule has 0 bridgehead atoms. The van der Waals surface area contributed by atoms with Crippen LogP contribution in [-0.2, 0) is 5.41 Å². The summed E-state index contributed by atoms with van der Waals surface area (Å²) >= 11 is 6.04. The molecule has 1 aromatic carbocycles. The largest absolute Gasteiger partial charge is 0.495 e. The molecule has 0 heterocycles. The van der Waals surface area contributed by atoms with Crippen molar-refractivity contribution in [2.75, 3.05) is 14.2 Å². The van der Waals surface area contributed by atoms with E-state index in [1.54, 1.807) is 7.11 Å². The van der Waals surface area contributed by atoms with Gasteiger partial charge in [0.25, 0.3) is 0 Å². The second kappa shape index (κ2) is 5.74. The first-order valence-corrected chi connectivity index (χ1v) is 6.30. The molecule has 2 nitrogen and oxygen atoms in total. The normalized spacial score (nSPS) is 13.5. The van der Waals surface area contributed by atoms with Gasteiger partial charge in [-0.05, 0) is 43.5 Å². The van der Waals surface area contributed by atoms with Crippen molar-refractivity contribution in [3.8, 4) is 5.75 Å². The molecule has 0 aliphatic carbocycles. The van der Waals surface area contributed by atoms with Crippen molar-refractivity contribution >= 4 is 11.6 Å². The molecule has 1 N–H and O–H groups in total. The number of rotatable bonds is 5. The monoisotopic (exact) mass is 255 g/mol. The van der Waals surface area contributed by atoms with Crippen LogP contribution in [0.3, 0.4) is 0 Å². The molecule has 0 aromatic heterocycles. The van der Waals surface area contributed by atoms with Gasteiger partial charge in [0.05, 0.1) is 12.1 Å². The van der Waals surface area contributed by atoms with E-state index in [9.17, 15) is 0 Å². The molecule has 1 rings (SSSR count). The standard InChI is InChI=1S/C14H22ClNO/c1-10(16-4)9-14(2,3)11-6-7-12(15)13(8-11)17-5/h6-8,10,16H,9H2,1-5H3. The minimum atomic E-state index is 0.0975. The molecule has 0 radical (unpaired) electrons. The molecule has 0 amide bonds. The Kier molecular flexibility index (Phi) is 4.84. The Hall–Kier alpha value is -0.730. The molecule has 1 aromatic rings. The third kappa shape index (κ3) is 3.62. The van der Waals surface area contributed by atoms with Gasteiger partial charge in [0.1, 0.15) is 5.75 Å². The smallest absolute Gasteiger partial charge is 0.137 e. The highest BCUT2D eigenvalue weighted by Crippen LogP contribution is 2.34. The van der Waals surface area contributed by atoms with E-state index in [0.717, 1.165) is 12.2 Å². The fraction of sp³-hybridized carbons (Fsp3) is 0.571. The van der Waals surface area contributed by atoms with Crippen LogP contribution in [0, 0.1) is 0 Å². The van der Waals surface area contributed by atoms with Crippen LogP contribution < -0.4 is 10.1 Å². The fourth-order valence-electron chi connectivity index (χ4n) is 2.07. The summed E-state index contributed by atoms with van der Waals surface area (Å²) in [7, 11) is 3.64. The highest BCUT2D eigenvalue weighted by atomic mass is 35.5. The number of halogens is 1. The first-order chi connectivity index (χ1) is 7.90. The average molecular weight is 256 g/mol. The van der Waals surface area contributed by atoms with E-state index in [-0.39, 0.29) is 5.41 Å². The van der Waals surface area contributed by atoms with Gasteiger partial charge >= 0.3 is 0 Å². The molecule has 96 valence electrons. The topological polar surface area (TPSA) is 21.3 Å². The molecule has 0 saturated carbocycles. The van der Waals surface area contributed by atoms with Crippen molar-refractivity contribution in [3.05, 3.63) is 28.8 Å². The number of nitrogens with one attached hydrogen (secondary N) is 1. The highest BCUT2D eigenvalue weighted by molar-refractivity contribution is 6.32. The molecule has 3 heteroatoms. The maximum Gasteiger partial charge on any atom is 0.137 e. The summed E-state index contributed by atoms with van der Waals surface area (Å²) in [4.78, 5) is 0. The van der Waals surface area contributed by atoms with Crippen LogP contribution in [0.2, 0.25) is 5.02 Å². The molecular weight excluding hydrogens is 234 g/mol. The average Bonchev–Trinajstić information content (AvgIpc) is 2.28. The molecule has 0 fully saturated rings. The Labute approximate surface area is 109 Å². The van der Waals surface area contributed by atoms with Gasteiger partial charge in [-0.15, -0.1) is 0 Å². The van der Waals surface area contributed by atoms with Crippen LogP contribution in [-0.4, -0.2) is 20.2 Å². The Balaban J connectivity index is 2.98. The first kappa shape index (κ1) is 14.3. The molecule has 1 unspecified atom stereocenters. The van der Waals surface area contributed by atoms with E-state index in [4.69, 9.17) is 16.3 Å². The third-order valence-corrected chi connectivity index (χ3v) is 3.55. The maximum atomic E-state index is 6.04. The van der Waals surface area contributed by atoms with Crippen molar-refractivity contribution < 1.29 is 4.74 Å². The van der Waals surface area contributed by atoms with E-state index in [0.29, 0.717) is 11.1 Å². The zero-order chi connectivity index (χ0) is 13.1. The predicted molar refractivity (Wildman–Crippen MR) is 74.2 cm³/mol. The van der Waals surface area contributed by atoms with Gasteiger partial charge in [-0.25, -0.2) is 0 Å². The van der Waals surface area contributed by atoms with Crippen molar-refractivity contribution in [2.24, 2.45) is 0 Å². The van der Waals surface area contributed by atoms with Crippen LogP contribution in [0.25, 0.3) is 0 Å². The molecule has 17 heavy (non-hydrogen) atoms. The lowest BCUT2D eigenvalue weighted by molar-refractivity contribution is 0.394. The van der Waals surface area contributed by atoms with Gasteiger partial charge in [-0.2, -0.15) is 0 Å². The minimum absolute atomic E-state index is 0.0975. The van der Waals surface area contributed by atoms with Crippen LogP contribution >= 0.6 is 11.6 Å². The lowest BCUT2D eigenvalue weighted by Gasteiger charge is -2.29. The van der Waals surface area contributed by atoms with Gasteiger partial charge in [0.15, 0.2) is 0 Å². The second-order valence-corrected chi connectivity index (χ2v) is 5.53. The van der Waals surface area contributed by atoms with Gasteiger partial charge in [-0.1, -0.05) is 31.5 Å². The molecule has 0 spiro atoms. The Morgan fingerprint density at radius 2 is 2.06 bits per heavy atom. The molecule has 0 aliphatic heterocycles. The first-order valence-electron chi connectivity index (χ1n) is 5.92. The molecule has 0 saturated heterocycles. The molecular formula is C14H22ClNO. The Morgan fingerprint density at radius 1 is 1.41 bits per heavy atom. The number of hydrogen-bond donors (Lipinski definition) is 1. The van der Waals surface area contributed by atoms with E-state index in [1.807, 2.05) is 19.2 Å². The summed E-state index contributed by atoms with van der Waals surface area (Å²) in [5.74, 6) is 0.745. The minimum Gasteiger partial charge on any atom is -0.495 e. The molecule has 1 atom stereocenters. The van der Waals surface area contributed by atoms with Gasteiger partial charge in [0, 0.05) is 6.04 Å². The lowest BCUT2D eigenvalue weighted by Crippen LogP contribution is -2.30. The van der Waals surface area contributed by atoms with Gasteiger partial charge in [0.2, 0.25) is 0 Å². The number of benzene rings is 1. The SMILES string of the molecule is CNC(C)CC(C)(C)c1ccc(Cl)c(OC)c1. The van der Waals surface area contributed by atoms with Crippen molar-refractivity contribution in [2.45, 2.75) is 38.6 Å². The third-order valence-electron chi connectivity index (χ3n) is 3.24. The predicted octanol–water partition coefficient (Wildman–Crippen LogP) is 3.62. The van der Waals surface area contributed by atoms with E-state index in [2.05, 4.69) is 32.2 Å². The quantitative estimate of drug-likeness (QED) is 0.868. The van der Waals surface area contributed by atoms with E-state index < -0.39 is 0 Å². The summed E-state index contributed by atoms with van der Waals surface area (Å²) in [6, 6.07) is 6.49. The zero-order valence-electron chi connectivity index (χ0n) is 11.3. The number of methoxy groups -OCH3 is 1. The van der Waals surface area contributed by atoms with Gasteiger partial charge in [-0.3, -0.25) is 0 Å². The summed E-state index contributed by atoms with van der Waals surface area (Å²) in [6.07, 6.45) is 1.06. The van der Waals surface area contributed by atoms with E-state index in [1.165, 1.54) is 5.56 Å². The van der Waals surface area contributed by atoms with Crippen LogP contribution in [0.1, 0.15) is 32.8 Å². The summed E-state index contributed by atoms with van der Waals surface area (Å²) in [5, 5.41) is 3.93. The van der Waals surface area contributed by atoms with Crippen LogP contribution in [0.4, 0.5) is 0 Å².